The second kappa shape index (κ2) is 6.47. The molecule has 0 heterocycles. The van der Waals surface area contributed by atoms with Crippen molar-refractivity contribution in [3.05, 3.63) is 11.6 Å². The number of hydrogen-bond donors (Lipinski definition) is 0. The average molecular weight is 359 g/mol. The monoisotopic (exact) mass is 358 g/mol. The van der Waals surface area contributed by atoms with Crippen LogP contribution in [0.5, 0.6) is 0 Å². The molecule has 0 aliphatic heterocycles. The molecule has 0 N–H and O–H groups in total. The first-order chi connectivity index (χ1) is 12.3. The van der Waals surface area contributed by atoms with Crippen LogP contribution in [0, 0.1) is 40.4 Å². The predicted octanol–water partition coefficient (Wildman–Crippen LogP) is 5.81. The molecule has 26 heavy (non-hydrogen) atoms. The fourth-order valence-electron chi connectivity index (χ4n) is 8.08. The van der Waals surface area contributed by atoms with E-state index in [4.69, 9.17) is 4.74 Å². The Bertz CT molecular complexity index is 607. The van der Waals surface area contributed by atoms with Gasteiger partial charge in [-0.1, -0.05) is 32.4 Å². The summed E-state index contributed by atoms with van der Waals surface area (Å²) in [6, 6.07) is 0. The molecule has 0 aromatic heterocycles. The molecule has 0 bridgehead atoms. The largest absolute Gasteiger partial charge is 0.378 e. The van der Waals surface area contributed by atoms with Gasteiger partial charge in [0.1, 0.15) is 5.78 Å². The Labute approximate surface area is 160 Å². The normalized spacial score (nSPS) is 50.4. The van der Waals surface area contributed by atoms with Gasteiger partial charge in [-0.25, -0.2) is 0 Å². The number of ether oxygens (including phenoxy) is 1. The molecule has 3 saturated carbocycles. The summed E-state index contributed by atoms with van der Waals surface area (Å²) >= 11 is 0. The summed E-state index contributed by atoms with van der Waals surface area (Å²) in [7, 11) is 0. The first-order valence-corrected chi connectivity index (χ1v) is 11.1. The minimum atomic E-state index is 0.264. The Hall–Kier alpha value is -0.630. The molecule has 0 saturated heterocycles. The fourth-order valence-corrected chi connectivity index (χ4v) is 8.08. The molecule has 4 aliphatic rings. The van der Waals surface area contributed by atoms with Gasteiger partial charge in [0, 0.05) is 12.5 Å². The number of Topliss-reactive ketones (excluding diaryl/α,β-unsaturated/α-hetero) is 1. The molecule has 0 aromatic carbocycles. The summed E-state index contributed by atoms with van der Waals surface area (Å²) < 4.78 is 6.03. The third-order valence-electron chi connectivity index (χ3n) is 9.52. The number of allylic oxidation sites excluding steroid dienone is 1. The molecule has 2 heteroatoms. The lowest BCUT2D eigenvalue weighted by atomic mass is 9.45. The topological polar surface area (TPSA) is 26.3 Å². The van der Waals surface area contributed by atoms with Crippen LogP contribution in [0.3, 0.4) is 0 Å². The molecule has 8 atom stereocenters. The predicted molar refractivity (Wildman–Crippen MR) is 106 cm³/mol. The van der Waals surface area contributed by atoms with Crippen molar-refractivity contribution >= 4 is 5.78 Å². The van der Waals surface area contributed by atoms with Crippen molar-refractivity contribution in [3.8, 4) is 0 Å². The Morgan fingerprint density at radius 3 is 2.69 bits per heavy atom. The number of fused-ring (bicyclic) bond motifs is 5. The van der Waals surface area contributed by atoms with Crippen LogP contribution in [0.15, 0.2) is 11.6 Å². The Balaban J connectivity index is 1.64. The van der Waals surface area contributed by atoms with Gasteiger partial charge in [-0.05, 0) is 93.3 Å². The molecular formula is C24H38O2. The summed E-state index contributed by atoms with van der Waals surface area (Å²) in [5.74, 6) is 3.81. The molecule has 0 spiro atoms. The maximum Gasteiger partial charge on any atom is 0.133 e. The first-order valence-electron chi connectivity index (χ1n) is 11.1. The molecule has 2 nitrogen and oxygen atoms in total. The van der Waals surface area contributed by atoms with Crippen LogP contribution in [0.2, 0.25) is 0 Å². The van der Waals surface area contributed by atoms with Crippen LogP contribution in [0.4, 0.5) is 0 Å². The highest BCUT2D eigenvalue weighted by Crippen LogP contribution is 2.67. The van der Waals surface area contributed by atoms with E-state index in [1.807, 2.05) is 6.92 Å². The van der Waals surface area contributed by atoms with Crippen LogP contribution in [0.1, 0.15) is 79.6 Å². The number of rotatable bonds is 3. The van der Waals surface area contributed by atoms with Crippen LogP contribution < -0.4 is 0 Å². The van der Waals surface area contributed by atoms with E-state index < -0.39 is 0 Å². The Morgan fingerprint density at radius 2 is 2.00 bits per heavy atom. The summed E-state index contributed by atoms with van der Waals surface area (Å²) in [5, 5.41) is 0. The number of hydrogen-bond acceptors (Lipinski definition) is 2. The van der Waals surface area contributed by atoms with Crippen molar-refractivity contribution in [2.24, 2.45) is 40.4 Å². The van der Waals surface area contributed by atoms with Crippen molar-refractivity contribution < 1.29 is 9.53 Å². The van der Waals surface area contributed by atoms with E-state index in [0.29, 0.717) is 29.1 Å². The molecule has 3 fully saturated rings. The molecule has 0 amide bonds. The van der Waals surface area contributed by atoms with Gasteiger partial charge in [0.15, 0.2) is 0 Å². The van der Waals surface area contributed by atoms with Crippen LogP contribution >= 0.6 is 0 Å². The summed E-state index contributed by atoms with van der Waals surface area (Å²) in [6.07, 6.45) is 11.6. The number of carbonyl (C=O) groups is 1. The highest BCUT2D eigenvalue weighted by Gasteiger charge is 2.60. The van der Waals surface area contributed by atoms with Gasteiger partial charge in [-0.2, -0.15) is 0 Å². The third kappa shape index (κ3) is 2.50. The van der Waals surface area contributed by atoms with Crippen LogP contribution in [0.25, 0.3) is 0 Å². The van der Waals surface area contributed by atoms with Gasteiger partial charge in [0.05, 0.1) is 6.10 Å². The molecule has 4 aliphatic carbocycles. The molecule has 0 aromatic rings. The van der Waals surface area contributed by atoms with E-state index in [1.54, 1.807) is 5.57 Å². The fraction of sp³-hybridized carbons (Fsp3) is 0.875. The minimum absolute atomic E-state index is 0.264. The SMILES string of the molecule is CCOC1CC2=CC[C@H]3[C@@H]4CC[C@H](C(C)=O)[C@@]4(C)CC[C@@H]3[C@@]2(C)C(C)C1. The van der Waals surface area contributed by atoms with E-state index in [0.717, 1.165) is 37.2 Å². The standard InChI is InChI=1S/C24H38O2/c1-6-26-18-13-15(2)24(5)17(14-18)7-8-19-21-10-9-20(16(3)25)23(21,4)12-11-22(19)24/h7,15,18-22H,6,8-14H2,1-5H3/t15?,18?,19-,20+,21-,22-,23+,24-/m0/s1. The van der Waals surface area contributed by atoms with E-state index in [9.17, 15) is 4.79 Å². The lowest BCUT2D eigenvalue weighted by molar-refractivity contribution is -0.128. The summed E-state index contributed by atoms with van der Waals surface area (Å²) in [6.45, 7) is 12.3. The molecule has 2 unspecified atom stereocenters. The van der Waals surface area contributed by atoms with E-state index >= 15 is 0 Å². The summed E-state index contributed by atoms with van der Waals surface area (Å²) in [4.78, 5) is 12.3. The molecule has 4 rings (SSSR count). The zero-order valence-corrected chi connectivity index (χ0v) is 17.5. The number of carbonyl (C=O) groups excluding carboxylic acids is 1. The van der Waals surface area contributed by atoms with E-state index in [2.05, 4.69) is 33.8 Å². The second-order valence-corrected chi connectivity index (χ2v) is 10.3. The van der Waals surface area contributed by atoms with Gasteiger partial charge in [-0.3, -0.25) is 4.79 Å². The Morgan fingerprint density at radius 1 is 1.23 bits per heavy atom. The minimum Gasteiger partial charge on any atom is -0.378 e. The molecular weight excluding hydrogens is 320 g/mol. The van der Waals surface area contributed by atoms with Gasteiger partial charge >= 0.3 is 0 Å². The van der Waals surface area contributed by atoms with Gasteiger partial charge in [0.2, 0.25) is 0 Å². The number of ketones is 1. The summed E-state index contributed by atoms with van der Waals surface area (Å²) in [5.41, 5.74) is 2.31. The van der Waals surface area contributed by atoms with E-state index in [1.165, 1.54) is 32.1 Å². The van der Waals surface area contributed by atoms with Gasteiger partial charge in [0.25, 0.3) is 0 Å². The molecule has 146 valence electrons. The lowest BCUT2D eigenvalue weighted by Crippen LogP contribution is -2.53. The zero-order valence-electron chi connectivity index (χ0n) is 17.5. The smallest absolute Gasteiger partial charge is 0.133 e. The van der Waals surface area contributed by atoms with Crippen LogP contribution in [-0.4, -0.2) is 18.5 Å². The molecule has 0 radical (unpaired) electrons. The third-order valence-corrected chi connectivity index (χ3v) is 9.52. The van der Waals surface area contributed by atoms with Gasteiger partial charge in [-0.15, -0.1) is 0 Å². The highest BCUT2D eigenvalue weighted by molar-refractivity contribution is 5.79. The highest BCUT2D eigenvalue weighted by atomic mass is 16.5. The van der Waals surface area contributed by atoms with Crippen molar-refractivity contribution in [1.29, 1.82) is 0 Å². The maximum absolute atomic E-state index is 12.3. The van der Waals surface area contributed by atoms with Crippen molar-refractivity contribution in [3.63, 3.8) is 0 Å². The average Bonchev–Trinajstić information content (AvgIpc) is 2.94. The zero-order chi connectivity index (χ0) is 18.7. The van der Waals surface area contributed by atoms with Crippen molar-refractivity contribution in [2.75, 3.05) is 6.61 Å². The van der Waals surface area contributed by atoms with Crippen molar-refractivity contribution in [1.82, 2.24) is 0 Å². The Kier molecular flexibility index (Phi) is 4.66. The maximum atomic E-state index is 12.3. The van der Waals surface area contributed by atoms with Crippen LogP contribution in [-0.2, 0) is 9.53 Å². The van der Waals surface area contributed by atoms with Crippen molar-refractivity contribution in [2.45, 2.75) is 85.7 Å². The quantitative estimate of drug-likeness (QED) is 0.595. The van der Waals surface area contributed by atoms with Gasteiger partial charge < -0.3 is 4.74 Å². The lowest BCUT2D eigenvalue weighted by Gasteiger charge is -2.60. The first kappa shape index (κ1) is 18.7. The second-order valence-electron chi connectivity index (χ2n) is 10.3. The van der Waals surface area contributed by atoms with E-state index in [-0.39, 0.29) is 5.41 Å².